The highest BCUT2D eigenvalue weighted by Gasteiger charge is 2.15. The molecular weight excluding hydrogens is 230 g/mol. The Hall–Kier alpha value is -0.820. The van der Waals surface area contributed by atoms with Crippen LogP contribution in [0.1, 0.15) is 74.6 Å². The van der Waals surface area contributed by atoms with Crippen molar-refractivity contribution in [2.24, 2.45) is 0 Å². The van der Waals surface area contributed by atoms with Gasteiger partial charge in [0.25, 0.3) is 0 Å². The van der Waals surface area contributed by atoms with Gasteiger partial charge in [-0.3, -0.25) is 0 Å². The first-order valence-electron chi connectivity index (χ1n) is 7.99. The molecule has 1 aliphatic carbocycles. The SMILES string of the molecule is Cc1cc(C)cc(C(C)NC2CCCCCCC2)c1. The normalized spacial score (nSPS) is 19.7. The number of aryl methyl sites for hydroxylation is 2. The van der Waals surface area contributed by atoms with Crippen LogP contribution in [0.25, 0.3) is 0 Å². The Morgan fingerprint density at radius 2 is 1.42 bits per heavy atom. The van der Waals surface area contributed by atoms with Crippen LogP contribution >= 0.6 is 0 Å². The molecule has 0 radical (unpaired) electrons. The van der Waals surface area contributed by atoms with E-state index in [1.165, 1.54) is 61.6 Å². The van der Waals surface area contributed by atoms with Crippen LogP contribution in [0.3, 0.4) is 0 Å². The molecule has 0 aliphatic heterocycles. The van der Waals surface area contributed by atoms with Crippen molar-refractivity contribution in [3.63, 3.8) is 0 Å². The zero-order valence-electron chi connectivity index (χ0n) is 12.8. The highest BCUT2D eigenvalue weighted by atomic mass is 14.9. The Labute approximate surface area is 118 Å². The molecule has 1 aromatic carbocycles. The average molecular weight is 259 g/mol. The van der Waals surface area contributed by atoms with Crippen LogP contribution in [0.5, 0.6) is 0 Å². The lowest BCUT2D eigenvalue weighted by atomic mass is 9.95. The largest absolute Gasteiger partial charge is 0.307 e. The van der Waals surface area contributed by atoms with Gasteiger partial charge in [0.05, 0.1) is 0 Å². The summed E-state index contributed by atoms with van der Waals surface area (Å²) < 4.78 is 0. The predicted molar refractivity (Wildman–Crippen MR) is 83.6 cm³/mol. The zero-order chi connectivity index (χ0) is 13.7. The van der Waals surface area contributed by atoms with E-state index in [2.05, 4.69) is 44.3 Å². The van der Waals surface area contributed by atoms with Gasteiger partial charge in [-0.2, -0.15) is 0 Å². The summed E-state index contributed by atoms with van der Waals surface area (Å²) in [6.45, 7) is 6.70. The summed E-state index contributed by atoms with van der Waals surface area (Å²) >= 11 is 0. The molecule has 1 N–H and O–H groups in total. The Bertz CT molecular complexity index is 368. The molecule has 1 fully saturated rings. The van der Waals surface area contributed by atoms with Gasteiger partial charge in [-0.25, -0.2) is 0 Å². The van der Waals surface area contributed by atoms with Gasteiger partial charge in [-0.15, -0.1) is 0 Å². The number of rotatable bonds is 3. The van der Waals surface area contributed by atoms with E-state index in [4.69, 9.17) is 0 Å². The predicted octanol–water partition coefficient (Wildman–Crippen LogP) is 5.07. The molecule has 2 rings (SSSR count). The Balaban J connectivity index is 1.96. The van der Waals surface area contributed by atoms with E-state index in [1.54, 1.807) is 0 Å². The molecule has 0 aromatic heterocycles. The molecule has 0 bridgehead atoms. The van der Waals surface area contributed by atoms with E-state index in [-0.39, 0.29) is 0 Å². The summed E-state index contributed by atoms with van der Waals surface area (Å²) in [4.78, 5) is 0. The fraction of sp³-hybridized carbons (Fsp3) is 0.667. The van der Waals surface area contributed by atoms with Crippen LogP contribution in [-0.2, 0) is 0 Å². The molecule has 1 nitrogen and oxygen atoms in total. The molecule has 0 heterocycles. The number of benzene rings is 1. The lowest BCUT2D eigenvalue weighted by Crippen LogP contribution is -2.32. The Morgan fingerprint density at radius 3 is 2.00 bits per heavy atom. The lowest BCUT2D eigenvalue weighted by Gasteiger charge is -2.25. The summed E-state index contributed by atoms with van der Waals surface area (Å²) in [5.41, 5.74) is 4.20. The van der Waals surface area contributed by atoms with Gasteiger partial charge in [0, 0.05) is 12.1 Å². The Morgan fingerprint density at radius 1 is 0.895 bits per heavy atom. The quantitative estimate of drug-likeness (QED) is 0.799. The van der Waals surface area contributed by atoms with Gasteiger partial charge in [-0.1, -0.05) is 61.4 Å². The second-order valence-electron chi connectivity index (χ2n) is 6.35. The molecule has 0 spiro atoms. The van der Waals surface area contributed by atoms with Gasteiger partial charge >= 0.3 is 0 Å². The standard InChI is InChI=1S/C18H29N/c1-14-11-15(2)13-17(12-14)16(3)19-18-9-7-5-4-6-8-10-18/h11-13,16,18-19H,4-10H2,1-3H3. The highest BCUT2D eigenvalue weighted by molar-refractivity contribution is 5.30. The van der Waals surface area contributed by atoms with Crippen molar-refractivity contribution in [2.45, 2.75) is 77.8 Å². The Kier molecular flexibility index (Phi) is 5.45. The zero-order valence-corrected chi connectivity index (χ0v) is 12.8. The van der Waals surface area contributed by atoms with Crippen molar-refractivity contribution in [1.29, 1.82) is 0 Å². The van der Waals surface area contributed by atoms with E-state index in [9.17, 15) is 0 Å². The van der Waals surface area contributed by atoms with Crippen LogP contribution in [-0.4, -0.2) is 6.04 Å². The first-order chi connectivity index (χ1) is 9.15. The second kappa shape index (κ2) is 7.09. The average Bonchev–Trinajstić information content (AvgIpc) is 2.31. The molecule has 0 saturated heterocycles. The first kappa shape index (κ1) is 14.6. The van der Waals surface area contributed by atoms with E-state index in [0.29, 0.717) is 6.04 Å². The third-order valence-corrected chi connectivity index (χ3v) is 4.33. The second-order valence-corrected chi connectivity index (χ2v) is 6.35. The van der Waals surface area contributed by atoms with Crippen LogP contribution in [0.4, 0.5) is 0 Å². The van der Waals surface area contributed by atoms with Gasteiger partial charge in [0.15, 0.2) is 0 Å². The molecule has 1 unspecified atom stereocenters. The van der Waals surface area contributed by atoms with E-state index in [0.717, 1.165) is 6.04 Å². The minimum absolute atomic E-state index is 0.475. The fourth-order valence-corrected chi connectivity index (χ4v) is 3.33. The van der Waals surface area contributed by atoms with E-state index in [1.807, 2.05) is 0 Å². The summed E-state index contributed by atoms with van der Waals surface area (Å²) in [6.07, 6.45) is 9.81. The smallest absolute Gasteiger partial charge is 0.0294 e. The van der Waals surface area contributed by atoms with Crippen molar-refractivity contribution < 1.29 is 0 Å². The number of hydrogen-bond acceptors (Lipinski definition) is 1. The maximum Gasteiger partial charge on any atom is 0.0294 e. The number of hydrogen-bond donors (Lipinski definition) is 1. The molecule has 0 amide bonds. The van der Waals surface area contributed by atoms with Crippen molar-refractivity contribution in [1.82, 2.24) is 5.32 Å². The highest BCUT2D eigenvalue weighted by Crippen LogP contribution is 2.22. The molecule has 19 heavy (non-hydrogen) atoms. The summed E-state index contributed by atoms with van der Waals surface area (Å²) in [5.74, 6) is 0. The summed E-state index contributed by atoms with van der Waals surface area (Å²) in [5, 5.41) is 3.86. The van der Waals surface area contributed by atoms with Crippen molar-refractivity contribution in [3.8, 4) is 0 Å². The monoisotopic (exact) mass is 259 g/mol. The lowest BCUT2D eigenvalue weighted by molar-refractivity contribution is 0.362. The van der Waals surface area contributed by atoms with Crippen LogP contribution in [0.2, 0.25) is 0 Å². The van der Waals surface area contributed by atoms with Crippen LogP contribution in [0, 0.1) is 13.8 Å². The summed E-state index contributed by atoms with van der Waals surface area (Å²) in [6, 6.07) is 8.10. The van der Waals surface area contributed by atoms with Crippen LogP contribution < -0.4 is 5.32 Å². The van der Waals surface area contributed by atoms with E-state index >= 15 is 0 Å². The fourth-order valence-electron chi connectivity index (χ4n) is 3.33. The molecule has 1 heteroatoms. The molecule has 106 valence electrons. The van der Waals surface area contributed by atoms with Gasteiger partial charge in [0.1, 0.15) is 0 Å². The summed E-state index contributed by atoms with van der Waals surface area (Å²) in [7, 11) is 0. The molecule has 1 saturated carbocycles. The van der Waals surface area contributed by atoms with Crippen LogP contribution in [0.15, 0.2) is 18.2 Å². The molecule has 1 aromatic rings. The topological polar surface area (TPSA) is 12.0 Å². The van der Waals surface area contributed by atoms with E-state index < -0.39 is 0 Å². The minimum atomic E-state index is 0.475. The van der Waals surface area contributed by atoms with Gasteiger partial charge in [0.2, 0.25) is 0 Å². The van der Waals surface area contributed by atoms with Crippen molar-refractivity contribution in [3.05, 3.63) is 34.9 Å². The molecule has 1 atom stereocenters. The molecule has 1 aliphatic rings. The maximum atomic E-state index is 3.86. The third-order valence-electron chi connectivity index (χ3n) is 4.33. The van der Waals surface area contributed by atoms with Gasteiger partial charge < -0.3 is 5.32 Å². The maximum absolute atomic E-state index is 3.86. The molecular formula is C18H29N. The number of nitrogens with one attached hydrogen (secondary N) is 1. The minimum Gasteiger partial charge on any atom is -0.307 e. The van der Waals surface area contributed by atoms with Gasteiger partial charge in [-0.05, 0) is 39.2 Å². The third kappa shape index (κ3) is 4.65. The van der Waals surface area contributed by atoms with Crippen molar-refractivity contribution >= 4 is 0 Å². The van der Waals surface area contributed by atoms with Crippen molar-refractivity contribution in [2.75, 3.05) is 0 Å². The first-order valence-corrected chi connectivity index (χ1v) is 7.99.